The maximum atomic E-state index is 13.4. The van der Waals surface area contributed by atoms with E-state index in [0.29, 0.717) is 23.4 Å². The Balaban J connectivity index is 1.53. The normalized spacial score (nSPS) is 15.9. The summed E-state index contributed by atoms with van der Waals surface area (Å²) in [6.07, 6.45) is 1.95. The lowest BCUT2D eigenvalue weighted by atomic mass is 9.86. The number of carbonyl (C=O) groups is 2. The molecule has 0 saturated carbocycles. The highest BCUT2D eigenvalue weighted by atomic mass is 16.5. The number of amides is 2. The number of fused-ring (bicyclic) bond motifs is 1. The summed E-state index contributed by atoms with van der Waals surface area (Å²) >= 11 is 0. The number of para-hydroxylation sites is 1. The quantitative estimate of drug-likeness (QED) is 0.546. The zero-order valence-electron chi connectivity index (χ0n) is 20.1. The van der Waals surface area contributed by atoms with E-state index in [1.165, 1.54) is 0 Å². The van der Waals surface area contributed by atoms with Crippen molar-refractivity contribution in [3.05, 3.63) is 41.7 Å². The van der Waals surface area contributed by atoms with Gasteiger partial charge in [0, 0.05) is 32.1 Å². The summed E-state index contributed by atoms with van der Waals surface area (Å²) in [5.74, 6) is 0.471. The van der Waals surface area contributed by atoms with Crippen LogP contribution >= 0.6 is 0 Å². The number of nitrogens with zero attached hydrogens (tertiary/aromatic N) is 4. The smallest absolute Gasteiger partial charge is 0.273 e. The number of nitrogens with one attached hydrogen (secondary N) is 2. The van der Waals surface area contributed by atoms with Gasteiger partial charge in [0.2, 0.25) is 17.7 Å². The van der Waals surface area contributed by atoms with Crippen molar-refractivity contribution in [1.82, 2.24) is 30.6 Å². The van der Waals surface area contributed by atoms with E-state index in [1.807, 2.05) is 49.7 Å². The Bertz CT molecular complexity index is 1160. The van der Waals surface area contributed by atoms with Crippen molar-refractivity contribution < 1.29 is 18.7 Å². The molecule has 2 amide bonds. The number of ether oxygens (including phenoxy) is 1. The summed E-state index contributed by atoms with van der Waals surface area (Å²) in [5.41, 5.74) is 0.685. The van der Waals surface area contributed by atoms with Crippen molar-refractivity contribution in [2.45, 2.75) is 59.7 Å². The van der Waals surface area contributed by atoms with E-state index < -0.39 is 11.5 Å². The van der Waals surface area contributed by atoms with Gasteiger partial charge in [0.25, 0.3) is 5.91 Å². The molecule has 0 bridgehead atoms. The molecular formula is C24H32N6O4. The summed E-state index contributed by atoms with van der Waals surface area (Å²) in [4.78, 5) is 26.4. The summed E-state index contributed by atoms with van der Waals surface area (Å²) in [6.45, 7) is 9.70. The molecule has 1 aliphatic heterocycles. The molecule has 0 radical (unpaired) electrons. The number of aromatic nitrogens is 4. The first-order chi connectivity index (χ1) is 16.2. The summed E-state index contributed by atoms with van der Waals surface area (Å²) in [6, 6.07) is 6.90. The predicted octanol–water partition coefficient (Wildman–Crippen LogP) is 2.62. The van der Waals surface area contributed by atoms with Gasteiger partial charge in [-0.25, -0.2) is 0 Å². The van der Waals surface area contributed by atoms with Gasteiger partial charge in [-0.1, -0.05) is 39.0 Å². The Hall–Kier alpha value is -3.27. The van der Waals surface area contributed by atoms with Gasteiger partial charge in [0.15, 0.2) is 5.69 Å². The lowest BCUT2D eigenvalue weighted by Crippen LogP contribution is -2.53. The van der Waals surface area contributed by atoms with E-state index in [-0.39, 0.29) is 18.4 Å². The highest BCUT2D eigenvalue weighted by Crippen LogP contribution is 2.24. The van der Waals surface area contributed by atoms with Gasteiger partial charge < -0.3 is 19.8 Å². The molecule has 1 fully saturated rings. The number of hydrogen-bond donors (Lipinski definition) is 2. The van der Waals surface area contributed by atoms with E-state index >= 15 is 0 Å². The van der Waals surface area contributed by atoms with E-state index in [9.17, 15) is 9.59 Å². The summed E-state index contributed by atoms with van der Waals surface area (Å²) < 4.78 is 12.7. The average Bonchev–Trinajstić information content (AvgIpc) is 3.39. The molecule has 3 heterocycles. The topological polar surface area (TPSA) is 124 Å². The number of hydrogen-bond acceptors (Lipinski definition) is 7. The van der Waals surface area contributed by atoms with Crippen LogP contribution in [0.25, 0.3) is 10.9 Å². The lowest BCUT2D eigenvalue weighted by Gasteiger charge is -2.30. The molecule has 1 aromatic carbocycles. The Morgan fingerprint density at radius 2 is 1.91 bits per heavy atom. The maximum Gasteiger partial charge on any atom is 0.273 e. The second kappa shape index (κ2) is 9.92. The molecule has 2 N–H and O–H groups in total. The van der Waals surface area contributed by atoms with E-state index in [1.54, 1.807) is 6.92 Å². The Labute approximate surface area is 198 Å². The van der Waals surface area contributed by atoms with Crippen LogP contribution in [0.1, 0.15) is 55.9 Å². The van der Waals surface area contributed by atoms with Crippen LogP contribution in [0.5, 0.6) is 0 Å². The van der Waals surface area contributed by atoms with Crippen molar-refractivity contribution in [3.63, 3.8) is 0 Å². The fourth-order valence-corrected chi connectivity index (χ4v) is 4.16. The van der Waals surface area contributed by atoms with E-state index in [4.69, 9.17) is 9.15 Å². The Kier molecular flexibility index (Phi) is 6.97. The SMILES string of the molecule is Cc1nnc(CNC(=O)[C@@H](NC(=O)c2nn(CC3CCOCC3)c3ccccc23)C(C)(C)C)o1. The third-order valence-corrected chi connectivity index (χ3v) is 6.03. The zero-order valence-corrected chi connectivity index (χ0v) is 20.1. The highest BCUT2D eigenvalue weighted by Gasteiger charge is 2.34. The first-order valence-corrected chi connectivity index (χ1v) is 11.6. The third-order valence-electron chi connectivity index (χ3n) is 6.03. The van der Waals surface area contributed by atoms with Crippen LogP contribution in [0.4, 0.5) is 0 Å². The number of benzene rings is 1. The summed E-state index contributed by atoms with van der Waals surface area (Å²) in [5, 5.41) is 18.8. The minimum atomic E-state index is -0.788. The third kappa shape index (κ3) is 5.44. The van der Waals surface area contributed by atoms with Crippen LogP contribution < -0.4 is 10.6 Å². The first-order valence-electron chi connectivity index (χ1n) is 11.6. The molecule has 10 nitrogen and oxygen atoms in total. The number of rotatable bonds is 7. The first kappa shape index (κ1) is 23.9. The fraction of sp³-hybridized carbons (Fsp3) is 0.542. The van der Waals surface area contributed by atoms with Gasteiger partial charge in [-0.05, 0) is 30.2 Å². The van der Waals surface area contributed by atoms with Crippen LogP contribution in [-0.4, -0.2) is 51.0 Å². The van der Waals surface area contributed by atoms with Gasteiger partial charge >= 0.3 is 0 Å². The van der Waals surface area contributed by atoms with E-state index in [0.717, 1.165) is 43.5 Å². The van der Waals surface area contributed by atoms with Gasteiger partial charge in [-0.3, -0.25) is 14.3 Å². The van der Waals surface area contributed by atoms with Crippen molar-refractivity contribution in [1.29, 1.82) is 0 Å². The second-order valence-corrected chi connectivity index (χ2v) is 9.81. The average molecular weight is 469 g/mol. The van der Waals surface area contributed by atoms with Gasteiger partial charge in [0.1, 0.15) is 6.04 Å². The number of carbonyl (C=O) groups excluding carboxylic acids is 2. The van der Waals surface area contributed by atoms with Gasteiger partial charge in [-0.15, -0.1) is 10.2 Å². The molecule has 10 heteroatoms. The lowest BCUT2D eigenvalue weighted by molar-refractivity contribution is -0.125. The molecule has 3 aromatic rings. The van der Waals surface area contributed by atoms with Gasteiger partial charge in [0.05, 0.1) is 12.1 Å². The van der Waals surface area contributed by atoms with Crippen LogP contribution in [0.15, 0.2) is 28.7 Å². The largest absolute Gasteiger partial charge is 0.424 e. The Morgan fingerprint density at radius 3 is 2.59 bits per heavy atom. The minimum absolute atomic E-state index is 0.0881. The van der Waals surface area contributed by atoms with E-state index in [2.05, 4.69) is 25.9 Å². The standard InChI is InChI=1S/C24H32N6O4/c1-15-27-28-19(34-15)13-25-23(32)21(24(2,3)4)26-22(31)20-17-7-5-6-8-18(17)30(29-20)14-16-9-11-33-12-10-16/h5-8,16,21H,9-14H2,1-4H3,(H,25,32)(H,26,31)/t21-/m1/s1. The molecule has 34 heavy (non-hydrogen) atoms. The molecular weight excluding hydrogens is 436 g/mol. The van der Waals surface area contributed by atoms with Crippen molar-refractivity contribution in [2.24, 2.45) is 11.3 Å². The van der Waals surface area contributed by atoms with Crippen LogP contribution in [0.2, 0.25) is 0 Å². The molecule has 2 aromatic heterocycles. The molecule has 1 saturated heterocycles. The highest BCUT2D eigenvalue weighted by molar-refractivity contribution is 6.06. The minimum Gasteiger partial charge on any atom is -0.424 e. The number of aryl methyl sites for hydroxylation is 1. The van der Waals surface area contributed by atoms with Crippen LogP contribution in [0.3, 0.4) is 0 Å². The summed E-state index contributed by atoms with van der Waals surface area (Å²) in [7, 11) is 0. The monoisotopic (exact) mass is 468 g/mol. The maximum absolute atomic E-state index is 13.4. The van der Waals surface area contributed by atoms with Crippen molar-refractivity contribution in [3.8, 4) is 0 Å². The fourth-order valence-electron chi connectivity index (χ4n) is 4.16. The molecule has 4 rings (SSSR count). The molecule has 1 atom stereocenters. The molecule has 0 unspecified atom stereocenters. The van der Waals surface area contributed by atoms with Crippen LogP contribution in [0, 0.1) is 18.3 Å². The van der Waals surface area contributed by atoms with Gasteiger partial charge in [-0.2, -0.15) is 5.10 Å². The Morgan fingerprint density at radius 1 is 1.18 bits per heavy atom. The predicted molar refractivity (Wildman–Crippen MR) is 125 cm³/mol. The molecule has 0 aliphatic carbocycles. The molecule has 182 valence electrons. The molecule has 1 aliphatic rings. The zero-order chi connectivity index (χ0) is 24.3. The van der Waals surface area contributed by atoms with Crippen molar-refractivity contribution >= 4 is 22.7 Å². The second-order valence-electron chi connectivity index (χ2n) is 9.81. The van der Waals surface area contributed by atoms with Crippen LogP contribution in [-0.2, 0) is 22.6 Å². The van der Waals surface area contributed by atoms with Crippen molar-refractivity contribution in [2.75, 3.05) is 13.2 Å². The molecule has 0 spiro atoms.